The third-order valence-corrected chi connectivity index (χ3v) is 2.05. The Bertz CT molecular complexity index is 429. The second-order valence-corrected chi connectivity index (χ2v) is 3.18. The fourth-order valence-corrected chi connectivity index (χ4v) is 1.35. The molecule has 2 rings (SSSR count). The Labute approximate surface area is 88.3 Å². The van der Waals surface area contributed by atoms with Gasteiger partial charge < -0.3 is 5.32 Å². The van der Waals surface area contributed by atoms with Crippen molar-refractivity contribution in [2.75, 3.05) is 10.8 Å². The zero-order chi connectivity index (χ0) is 10.5. The van der Waals surface area contributed by atoms with Crippen LogP contribution in [0.2, 0.25) is 0 Å². The number of benzene rings is 2. The van der Waals surface area contributed by atoms with Crippen LogP contribution in [0.4, 0.5) is 17.1 Å². The molecule has 0 saturated carbocycles. The van der Waals surface area contributed by atoms with Gasteiger partial charge in [-0.3, -0.25) is 10.7 Å². The maximum absolute atomic E-state index is 8.75. The average Bonchev–Trinajstić information content (AvgIpc) is 2.31. The minimum atomic E-state index is 0.663. The number of hydrogen-bond acceptors (Lipinski definition) is 3. The van der Waals surface area contributed by atoms with E-state index >= 15 is 0 Å². The van der Waals surface area contributed by atoms with Gasteiger partial charge in [-0.05, 0) is 30.3 Å². The first-order valence-electron chi connectivity index (χ1n) is 4.71. The molecule has 0 aliphatic rings. The first-order chi connectivity index (χ1) is 7.38. The third kappa shape index (κ3) is 2.48. The largest absolute Gasteiger partial charge is 0.355 e. The van der Waals surface area contributed by atoms with E-state index in [1.165, 1.54) is 0 Å². The summed E-state index contributed by atoms with van der Waals surface area (Å²) in [5.41, 5.74) is 4.73. The third-order valence-electron chi connectivity index (χ3n) is 2.05. The zero-order valence-corrected chi connectivity index (χ0v) is 8.14. The van der Waals surface area contributed by atoms with Crippen LogP contribution in [0, 0.1) is 0 Å². The standard InChI is InChI=1S/C12H12N2O/c15-14-12-8-4-7-11(9-12)13-10-5-2-1-3-6-10/h1-9,13-15H. The molecule has 0 atom stereocenters. The molecule has 0 radical (unpaired) electrons. The van der Waals surface area contributed by atoms with Crippen molar-refractivity contribution in [1.82, 2.24) is 0 Å². The summed E-state index contributed by atoms with van der Waals surface area (Å²) in [5, 5.41) is 12.0. The number of hydrogen-bond donors (Lipinski definition) is 3. The van der Waals surface area contributed by atoms with Crippen molar-refractivity contribution in [3.05, 3.63) is 54.6 Å². The smallest absolute Gasteiger partial charge is 0.0622 e. The summed E-state index contributed by atoms with van der Waals surface area (Å²) in [7, 11) is 0. The fourth-order valence-electron chi connectivity index (χ4n) is 1.35. The number of rotatable bonds is 3. The molecule has 0 aliphatic heterocycles. The number of para-hydroxylation sites is 1. The Morgan fingerprint density at radius 1 is 0.733 bits per heavy atom. The highest BCUT2D eigenvalue weighted by Gasteiger charge is 1.94. The van der Waals surface area contributed by atoms with Gasteiger partial charge >= 0.3 is 0 Å². The van der Waals surface area contributed by atoms with Gasteiger partial charge in [-0.2, -0.15) is 0 Å². The normalized spacial score (nSPS) is 9.67. The van der Waals surface area contributed by atoms with E-state index in [1.54, 1.807) is 6.07 Å². The van der Waals surface area contributed by atoms with E-state index in [0.29, 0.717) is 5.69 Å². The van der Waals surface area contributed by atoms with Crippen molar-refractivity contribution < 1.29 is 5.21 Å². The highest BCUT2D eigenvalue weighted by molar-refractivity contribution is 5.63. The molecule has 2 aromatic rings. The first-order valence-corrected chi connectivity index (χ1v) is 4.71. The van der Waals surface area contributed by atoms with Crippen LogP contribution >= 0.6 is 0 Å². The Hall–Kier alpha value is -2.00. The molecule has 0 heterocycles. The lowest BCUT2D eigenvalue weighted by molar-refractivity contribution is 0.389. The number of nitrogens with one attached hydrogen (secondary N) is 2. The molecule has 0 spiro atoms. The molecule has 3 nitrogen and oxygen atoms in total. The summed E-state index contributed by atoms with van der Waals surface area (Å²) >= 11 is 0. The van der Waals surface area contributed by atoms with Crippen LogP contribution in [0.5, 0.6) is 0 Å². The summed E-state index contributed by atoms with van der Waals surface area (Å²) in [6.07, 6.45) is 0. The molecule has 76 valence electrons. The summed E-state index contributed by atoms with van der Waals surface area (Å²) < 4.78 is 0. The SMILES string of the molecule is ONc1cccc(Nc2ccccc2)c1. The van der Waals surface area contributed by atoms with Crippen molar-refractivity contribution >= 4 is 17.1 Å². The van der Waals surface area contributed by atoms with Crippen LogP contribution in [0.25, 0.3) is 0 Å². The quantitative estimate of drug-likeness (QED) is 0.666. The molecule has 0 unspecified atom stereocenters. The van der Waals surface area contributed by atoms with E-state index in [0.717, 1.165) is 11.4 Å². The first kappa shape index (κ1) is 9.55. The van der Waals surface area contributed by atoms with E-state index in [1.807, 2.05) is 48.5 Å². The molecule has 0 saturated heterocycles. The average molecular weight is 200 g/mol. The van der Waals surface area contributed by atoms with Crippen LogP contribution < -0.4 is 10.8 Å². The molecule has 0 amide bonds. The van der Waals surface area contributed by atoms with Crippen LogP contribution in [0.1, 0.15) is 0 Å². The Morgan fingerprint density at radius 3 is 2.13 bits per heavy atom. The van der Waals surface area contributed by atoms with Gasteiger partial charge in [0.25, 0.3) is 0 Å². The summed E-state index contributed by atoms with van der Waals surface area (Å²) in [6, 6.07) is 17.3. The molecule has 15 heavy (non-hydrogen) atoms. The minimum absolute atomic E-state index is 0.663. The van der Waals surface area contributed by atoms with Crippen molar-refractivity contribution in [2.45, 2.75) is 0 Å². The van der Waals surface area contributed by atoms with Crippen molar-refractivity contribution in [3.8, 4) is 0 Å². The Morgan fingerprint density at radius 2 is 1.40 bits per heavy atom. The lowest BCUT2D eigenvalue weighted by atomic mass is 10.2. The van der Waals surface area contributed by atoms with Crippen LogP contribution in [-0.2, 0) is 0 Å². The Kier molecular flexibility index (Phi) is 2.85. The maximum Gasteiger partial charge on any atom is 0.0622 e. The second kappa shape index (κ2) is 4.48. The predicted molar refractivity (Wildman–Crippen MR) is 61.6 cm³/mol. The van der Waals surface area contributed by atoms with Gasteiger partial charge in [-0.15, -0.1) is 0 Å². The zero-order valence-electron chi connectivity index (χ0n) is 8.14. The lowest BCUT2D eigenvalue weighted by Gasteiger charge is -2.07. The highest BCUT2D eigenvalue weighted by Crippen LogP contribution is 2.19. The number of anilines is 3. The minimum Gasteiger partial charge on any atom is -0.355 e. The van der Waals surface area contributed by atoms with Crippen LogP contribution in [-0.4, -0.2) is 5.21 Å². The van der Waals surface area contributed by atoms with E-state index < -0.39 is 0 Å². The molecular formula is C12H12N2O. The molecule has 0 bridgehead atoms. The van der Waals surface area contributed by atoms with Gasteiger partial charge in [-0.1, -0.05) is 24.3 Å². The second-order valence-electron chi connectivity index (χ2n) is 3.18. The van der Waals surface area contributed by atoms with Gasteiger partial charge in [0.05, 0.1) is 5.69 Å². The summed E-state index contributed by atoms with van der Waals surface area (Å²) in [4.78, 5) is 0. The molecule has 0 aliphatic carbocycles. The van der Waals surface area contributed by atoms with E-state index in [4.69, 9.17) is 5.21 Å². The van der Waals surface area contributed by atoms with Crippen LogP contribution in [0.3, 0.4) is 0 Å². The summed E-state index contributed by atoms with van der Waals surface area (Å²) in [5.74, 6) is 0. The fraction of sp³-hybridized carbons (Fsp3) is 0. The summed E-state index contributed by atoms with van der Waals surface area (Å²) in [6.45, 7) is 0. The highest BCUT2D eigenvalue weighted by atomic mass is 16.5. The van der Waals surface area contributed by atoms with Gasteiger partial charge in [0.15, 0.2) is 0 Å². The van der Waals surface area contributed by atoms with Gasteiger partial charge in [-0.25, -0.2) is 0 Å². The van der Waals surface area contributed by atoms with Gasteiger partial charge in [0.1, 0.15) is 0 Å². The predicted octanol–water partition coefficient (Wildman–Crippen LogP) is 3.23. The van der Waals surface area contributed by atoms with Gasteiger partial charge in [0.2, 0.25) is 0 Å². The van der Waals surface area contributed by atoms with Crippen molar-refractivity contribution in [2.24, 2.45) is 0 Å². The Balaban J connectivity index is 2.17. The molecular weight excluding hydrogens is 188 g/mol. The van der Waals surface area contributed by atoms with Gasteiger partial charge in [0, 0.05) is 11.4 Å². The maximum atomic E-state index is 8.75. The molecule has 2 aromatic carbocycles. The van der Waals surface area contributed by atoms with E-state index in [2.05, 4.69) is 10.8 Å². The van der Waals surface area contributed by atoms with Crippen molar-refractivity contribution in [1.29, 1.82) is 0 Å². The molecule has 0 aromatic heterocycles. The molecule has 3 heteroatoms. The van der Waals surface area contributed by atoms with Crippen LogP contribution in [0.15, 0.2) is 54.6 Å². The molecule has 3 N–H and O–H groups in total. The van der Waals surface area contributed by atoms with E-state index in [-0.39, 0.29) is 0 Å². The lowest BCUT2D eigenvalue weighted by Crippen LogP contribution is -1.92. The monoisotopic (exact) mass is 200 g/mol. The van der Waals surface area contributed by atoms with E-state index in [9.17, 15) is 0 Å². The van der Waals surface area contributed by atoms with Crippen molar-refractivity contribution in [3.63, 3.8) is 0 Å². The topological polar surface area (TPSA) is 44.3 Å². The molecule has 0 fully saturated rings.